The third kappa shape index (κ3) is 3.63. The summed E-state index contributed by atoms with van der Waals surface area (Å²) in [5.41, 5.74) is 1.68. The number of fused-ring (bicyclic) bond motifs is 2. The molecule has 2 aliphatic rings. The minimum absolute atomic E-state index is 0.0328. The Hall–Kier alpha value is -2.42. The fourth-order valence-corrected chi connectivity index (χ4v) is 4.21. The van der Waals surface area contributed by atoms with Gasteiger partial charge in [-0.15, -0.1) is 0 Å². The van der Waals surface area contributed by atoms with Crippen LogP contribution in [0.4, 0.5) is 11.5 Å². The number of benzene rings is 2. The Morgan fingerprint density at radius 3 is 2.93 bits per heavy atom. The van der Waals surface area contributed by atoms with Gasteiger partial charge in [-0.25, -0.2) is 9.97 Å². The van der Waals surface area contributed by atoms with E-state index < -0.39 is 0 Å². The Labute approximate surface area is 176 Å². The largest absolute Gasteiger partial charge is 0.493 e. The predicted molar refractivity (Wildman–Crippen MR) is 112 cm³/mol. The maximum atomic E-state index is 6.23. The van der Waals surface area contributed by atoms with Gasteiger partial charge in [-0.1, -0.05) is 22.0 Å². The molecule has 0 saturated carbocycles. The summed E-state index contributed by atoms with van der Waals surface area (Å²) in [6.45, 7) is 1.22. The summed E-state index contributed by atoms with van der Waals surface area (Å²) in [7, 11) is 1.62. The molecule has 2 saturated heterocycles. The number of ether oxygens (including phenoxy) is 4. The van der Waals surface area contributed by atoms with Gasteiger partial charge in [0.1, 0.15) is 18.2 Å². The lowest BCUT2D eigenvalue weighted by Crippen LogP contribution is -2.32. The van der Waals surface area contributed by atoms with Crippen LogP contribution in [0, 0.1) is 0 Å². The fraction of sp³-hybridized carbons (Fsp3) is 0.333. The van der Waals surface area contributed by atoms with E-state index in [1.54, 1.807) is 7.11 Å². The van der Waals surface area contributed by atoms with Crippen molar-refractivity contribution < 1.29 is 18.9 Å². The Kier molecular flexibility index (Phi) is 4.99. The van der Waals surface area contributed by atoms with E-state index in [1.165, 1.54) is 6.33 Å². The van der Waals surface area contributed by atoms with Crippen molar-refractivity contribution in [3.8, 4) is 11.5 Å². The Bertz CT molecular complexity index is 1050. The number of nitrogens with zero attached hydrogens (tertiary/aromatic N) is 2. The molecule has 2 unspecified atom stereocenters. The average Bonchev–Trinajstić information content (AvgIpc) is 3.33. The van der Waals surface area contributed by atoms with E-state index in [9.17, 15) is 0 Å². The van der Waals surface area contributed by atoms with Gasteiger partial charge >= 0.3 is 0 Å². The maximum absolute atomic E-state index is 6.23. The smallest absolute Gasteiger partial charge is 0.164 e. The van der Waals surface area contributed by atoms with Gasteiger partial charge in [0.05, 0.1) is 25.3 Å². The van der Waals surface area contributed by atoms with Crippen molar-refractivity contribution in [3.05, 3.63) is 47.2 Å². The lowest BCUT2D eigenvalue weighted by Gasteiger charge is -2.20. The predicted octanol–water partition coefficient (Wildman–Crippen LogP) is 4.08. The molecular weight excluding hydrogens is 438 g/mol. The van der Waals surface area contributed by atoms with E-state index >= 15 is 0 Å². The van der Waals surface area contributed by atoms with Gasteiger partial charge in [0.15, 0.2) is 17.6 Å². The molecule has 8 heteroatoms. The number of anilines is 2. The molecule has 0 aliphatic carbocycles. The molecule has 3 heterocycles. The van der Waals surface area contributed by atoms with Crippen molar-refractivity contribution in [2.45, 2.75) is 24.7 Å². The number of hydrogen-bond acceptors (Lipinski definition) is 7. The highest BCUT2D eigenvalue weighted by Gasteiger charge is 2.43. The fourth-order valence-electron chi connectivity index (χ4n) is 3.81. The summed E-state index contributed by atoms with van der Waals surface area (Å²) in [5, 5.41) is 4.19. The van der Waals surface area contributed by atoms with Crippen molar-refractivity contribution in [1.82, 2.24) is 9.97 Å². The highest BCUT2D eigenvalue weighted by atomic mass is 79.9. The van der Waals surface area contributed by atoms with Crippen LogP contribution in [-0.2, 0) is 9.47 Å². The molecule has 2 aliphatic heterocycles. The second-order valence-electron chi connectivity index (χ2n) is 7.03. The molecule has 2 aromatic carbocycles. The molecular formula is C21H20BrN3O4. The van der Waals surface area contributed by atoms with E-state index in [4.69, 9.17) is 18.9 Å². The standard InChI is InChI=1S/C21H20BrN3O4/c1-26-17-8-14-15(9-18(17)29-19-10-28-16-5-6-27-20(16)19)23-11-24-21(14)25-13-4-2-3-12(22)7-13/h2-4,7-9,11,16,19-20H,5-6,10H2,1H3,(H,23,24,25)/t16?,19-,20?/m1/s1. The van der Waals surface area contributed by atoms with E-state index in [2.05, 4.69) is 31.2 Å². The zero-order chi connectivity index (χ0) is 19.8. The number of nitrogens with one attached hydrogen (secondary N) is 1. The second kappa shape index (κ2) is 7.78. The van der Waals surface area contributed by atoms with Gasteiger partial charge in [-0.3, -0.25) is 0 Å². The number of methoxy groups -OCH3 is 1. The summed E-state index contributed by atoms with van der Waals surface area (Å²) in [4.78, 5) is 8.83. The van der Waals surface area contributed by atoms with Crippen LogP contribution in [0.1, 0.15) is 6.42 Å². The van der Waals surface area contributed by atoms with Gasteiger partial charge in [0, 0.05) is 28.2 Å². The van der Waals surface area contributed by atoms with Crippen molar-refractivity contribution in [2.24, 2.45) is 0 Å². The molecule has 0 amide bonds. The van der Waals surface area contributed by atoms with Crippen molar-refractivity contribution >= 4 is 38.3 Å². The van der Waals surface area contributed by atoms with Crippen LogP contribution in [0.25, 0.3) is 10.9 Å². The molecule has 7 nitrogen and oxygen atoms in total. The minimum atomic E-state index is -0.157. The Balaban J connectivity index is 1.47. The van der Waals surface area contributed by atoms with Crippen LogP contribution >= 0.6 is 15.9 Å². The molecule has 5 rings (SSSR count). The number of rotatable bonds is 5. The second-order valence-corrected chi connectivity index (χ2v) is 7.95. The monoisotopic (exact) mass is 457 g/mol. The van der Waals surface area contributed by atoms with Crippen LogP contribution < -0.4 is 14.8 Å². The molecule has 0 bridgehead atoms. The first-order valence-electron chi connectivity index (χ1n) is 9.46. The van der Waals surface area contributed by atoms with Gasteiger partial charge in [-0.2, -0.15) is 0 Å². The van der Waals surface area contributed by atoms with Crippen molar-refractivity contribution in [1.29, 1.82) is 0 Å². The van der Waals surface area contributed by atoms with E-state index in [1.807, 2.05) is 36.4 Å². The topological polar surface area (TPSA) is 74.7 Å². The molecule has 29 heavy (non-hydrogen) atoms. The summed E-state index contributed by atoms with van der Waals surface area (Å²) in [5.74, 6) is 1.93. The Morgan fingerprint density at radius 1 is 1.14 bits per heavy atom. The van der Waals surface area contributed by atoms with Gasteiger partial charge in [0.2, 0.25) is 0 Å². The highest BCUT2D eigenvalue weighted by Crippen LogP contribution is 2.37. The Morgan fingerprint density at radius 2 is 2.07 bits per heavy atom. The maximum Gasteiger partial charge on any atom is 0.164 e. The van der Waals surface area contributed by atoms with E-state index in [0.717, 1.165) is 27.5 Å². The van der Waals surface area contributed by atoms with E-state index in [0.29, 0.717) is 30.5 Å². The first kappa shape index (κ1) is 18.6. The summed E-state index contributed by atoms with van der Waals surface area (Å²) in [6.07, 6.45) is 2.38. The quantitative estimate of drug-likeness (QED) is 0.618. The number of hydrogen-bond donors (Lipinski definition) is 1. The first-order valence-corrected chi connectivity index (χ1v) is 10.3. The molecule has 1 N–H and O–H groups in total. The number of halogens is 1. The first-order chi connectivity index (χ1) is 14.2. The van der Waals surface area contributed by atoms with Crippen LogP contribution in [0.5, 0.6) is 11.5 Å². The lowest BCUT2D eigenvalue weighted by atomic mass is 10.1. The average molecular weight is 458 g/mol. The number of aromatic nitrogens is 2. The molecule has 3 atom stereocenters. The minimum Gasteiger partial charge on any atom is -0.493 e. The molecule has 0 spiro atoms. The lowest BCUT2D eigenvalue weighted by molar-refractivity contribution is 0.0298. The SMILES string of the molecule is COc1cc2c(Nc3cccc(Br)c3)ncnc2cc1O[C@@H]1COC2CCOC21. The summed E-state index contributed by atoms with van der Waals surface area (Å²) >= 11 is 3.49. The van der Waals surface area contributed by atoms with Crippen LogP contribution in [-0.4, -0.2) is 48.6 Å². The van der Waals surface area contributed by atoms with Crippen LogP contribution in [0.3, 0.4) is 0 Å². The van der Waals surface area contributed by atoms with Gasteiger partial charge < -0.3 is 24.3 Å². The summed E-state index contributed by atoms with van der Waals surface area (Å²) < 4.78 is 24.4. The van der Waals surface area contributed by atoms with Gasteiger partial charge in [0.25, 0.3) is 0 Å². The normalized spacial score (nSPS) is 23.2. The zero-order valence-corrected chi connectivity index (χ0v) is 17.4. The van der Waals surface area contributed by atoms with Crippen molar-refractivity contribution in [2.75, 3.05) is 25.6 Å². The van der Waals surface area contributed by atoms with Crippen LogP contribution in [0.2, 0.25) is 0 Å². The highest BCUT2D eigenvalue weighted by molar-refractivity contribution is 9.10. The van der Waals surface area contributed by atoms with Crippen LogP contribution in [0.15, 0.2) is 47.2 Å². The van der Waals surface area contributed by atoms with Crippen molar-refractivity contribution in [3.63, 3.8) is 0 Å². The molecule has 0 radical (unpaired) electrons. The zero-order valence-electron chi connectivity index (χ0n) is 15.8. The summed E-state index contributed by atoms with van der Waals surface area (Å²) in [6, 6.07) is 11.7. The molecule has 3 aromatic rings. The third-order valence-corrected chi connectivity index (χ3v) is 5.70. The molecule has 2 fully saturated rings. The molecule has 1 aromatic heterocycles. The third-order valence-electron chi connectivity index (χ3n) is 5.21. The van der Waals surface area contributed by atoms with E-state index in [-0.39, 0.29) is 18.3 Å². The van der Waals surface area contributed by atoms with Gasteiger partial charge in [-0.05, 0) is 30.7 Å². The molecule has 150 valence electrons.